The number of hydrogen-bond donors (Lipinski definition) is 1. The van der Waals surface area contributed by atoms with Gasteiger partial charge in [-0.15, -0.1) is 5.10 Å². The van der Waals surface area contributed by atoms with Crippen LogP contribution in [0.5, 0.6) is 5.75 Å². The first-order valence-corrected chi connectivity index (χ1v) is 12.1. The second-order valence-corrected chi connectivity index (χ2v) is 9.20. The molecule has 9 heteroatoms. The summed E-state index contributed by atoms with van der Waals surface area (Å²) in [5.41, 5.74) is 2.05. The number of nitrogens with zero attached hydrogens (tertiary/aromatic N) is 5. The Balaban J connectivity index is 1.61. The van der Waals surface area contributed by atoms with E-state index in [1.54, 1.807) is 16.8 Å². The molecule has 4 aromatic rings. The summed E-state index contributed by atoms with van der Waals surface area (Å²) in [6.45, 7) is 6.79. The van der Waals surface area contributed by atoms with Crippen molar-refractivity contribution in [3.63, 3.8) is 0 Å². The Hall–Kier alpha value is -3.59. The number of fused-ring (bicyclic) bond motifs is 1. The molecule has 0 radical (unpaired) electrons. The minimum absolute atomic E-state index is 0.166. The van der Waals surface area contributed by atoms with Crippen LogP contribution in [0.1, 0.15) is 49.7 Å². The number of tetrazole rings is 1. The first-order chi connectivity index (χ1) is 17.0. The number of aromatic amines is 1. The van der Waals surface area contributed by atoms with Gasteiger partial charge in [-0.1, -0.05) is 19.1 Å². The quantitative estimate of drug-likeness (QED) is 0.435. The summed E-state index contributed by atoms with van der Waals surface area (Å²) in [5, 5.41) is 13.5. The highest BCUT2D eigenvalue weighted by Crippen LogP contribution is 2.31. The third-order valence-corrected chi connectivity index (χ3v) is 6.55. The number of likely N-dealkylation sites (tertiary alicyclic amines) is 1. The number of benzene rings is 2. The molecule has 35 heavy (non-hydrogen) atoms. The van der Waals surface area contributed by atoms with E-state index in [-0.39, 0.29) is 11.4 Å². The largest absolute Gasteiger partial charge is 0.494 e. The van der Waals surface area contributed by atoms with E-state index in [0.29, 0.717) is 30.5 Å². The molecule has 0 bridgehead atoms. The van der Waals surface area contributed by atoms with Gasteiger partial charge in [0.2, 0.25) is 0 Å². The summed E-state index contributed by atoms with van der Waals surface area (Å²) in [7, 11) is 0. The van der Waals surface area contributed by atoms with E-state index < -0.39 is 6.04 Å². The minimum atomic E-state index is -0.419. The molecule has 8 nitrogen and oxygen atoms in total. The summed E-state index contributed by atoms with van der Waals surface area (Å²) in [4.78, 5) is 18.7. The van der Waals surface area contributed by atoms with E-state index in [4.69, 9.17) is 4.74 Å². The van der Waals surface area contributed by atoms with Gasteiger partial charge in [0, 0.05) is 23.0 Å². The smallest absolute Gasteiger partial charge is 0.253 e. The lowest BCUT2D eigenvalue weighted by molar-refractivity contribution is 0.141. The standard InChI is InChI=1S/C26H29FN6O2/c1-3-35-21-10-11-23-19(13-21)14-22(26(34)28-23)24(32-12-4-5-17(2)15-32)25-29-30-31-33(25)16-18-6-8-20(27)9-7-18/h6-11,13-14,17,24H,3-5,12,15-16H2,1-2H3,(H,28,34). The third-order valence-electron chi connectivity index (χ3n) is 6.55. The van der Waals surface area contributed by atoms with Crippen LogP contribution in [-0.4, -0.2) is 49.8 Å². The van der Waals surface area contributed by atoms with Crippen LogP contribution in [0, 0.1) is 11.7 Å². The van der Waals surface area contributed by atoms with Crippen molar-refractivity contribution in [3.8, 4) is 5.75 Å². The second kappa shape index (κ2) is 9.95. The number of halogens is 1. The molecule has 1 N–H and O–H groups in total. The molecule has 1 aliphatic heterocycles. The second-order valence-electron chi connectivity index (χ2n) is 9.20. The minimum Gasteiger partial charge on any atom is -0.494 e. The van der Waals surface area contributed by atoms with E-state index in [2.05, 4.69) is 32.3 Å². The summed E-state index contributed by atoms with van der Waals surface area (Å²) in [6, 6.07) is 13.5. The molecule has 2 aromatic heterocycles. The average molecular weight is 477 g/mol. The van der Waals surface area contributed by atoms with Crippen molar-refractivity contribution >= 4 is 10.9 Å². The topological polar surface area (TPSA) is 88.9 Å². The normalized spacial score (nSPS) is 17.5. The Morgan fingerprint density at radius 3 is 2.80 bits per heavy atom. The summed E-state index contributed by atoms with van der Waals surface area (Å²) < 4.78 is 20.8. The van der Waals surface area contributed by atoms with Gasteiger partial charge in [-0.05, 0) is 84.6 Å². The number of aromatic nitrogens is 5. The Bertz CT molecular complexity index is 1370. The van der Waals surface area contributed by atoms with Crippen molar-refractivity contribution in [2.75, 3.05) is 19.7 Å². The first kappa shape index (κ1) is 23.2. The van der Waals surface area contributed by atoms with Crippen molar-refractivity contribution in [2.24, 2.45) is 5.92 Å². The maximum absolute atomic E-state index is 13.4. The molecular formula is C26H29FN6O2. The Labute approximate surface area is 202 Å². The van der Waals surface area contributed by atoms with Gasteiger partial charge in [-0.25, -0.2) is 9.07 Å². The fourth-order valence-corrected chi connectivity index (χ4v) is 4.90. The molecule has 5 rings (SSSR count). The van der Waals surface area contributed by atoms with Gasteiger partial charge < -0.3 is 9.72 Å². The number of piperidine rings is 1. The molecule has 182 valence electrons. The van der Waals surface area contributed by atoms with Crippen LogP contribution in [0.15, 0.2) is 53.3 Å². The summed E-state index contributed by atoms with van der Waals surface area (Å²) in [6.07, 6.45) is 2.19. The molecule has 0 amide bonds. The average Bonchev–Trinajstić information content (AvgIpc) is 3.29. The van der Waals surface area contributed by atoms with E-state index >= 15 is 0 Å². The van der Waals surface area contributed by atoms with Crippen LogP contribution in [0.2, 0.25) is 0 Å². The van der Waals surface area contributed by atoms with Crippen LogP contribution < -0.4 is 10.3 Å². The van der Waals surface area contributed by atoms with Gasteiger partial charge in [0.05, 0.1) is 13.2 Å². The van der Waals surface area contributed by atoms with E-state index in [1.807, 2.05) is 31.2 Å². The van der Waals surface area contributed by atoms with Gasteiger partial charge in [0.15, 0.2) is 5.82 Å². The first-order valence-electron chi connectivity index (χ1n) is 12.1. The Morgan fingerprint density at radius 1 is 1.20 bits per heavy atom. The zero-order valence-corrected chi connectivity index (χ0v) is 19.9. The zero-order chi connectivity index (χ0) is 24.4. The number of H-pyrrole nitrogens is 1. The van der Waals surface area contributed by atoms with Crippen LogP contribution in [-0.2, 0) is 6.54 Å². The van der Waals surface area contributed by atoms with Gasteiger partial charge in [-0.2, -0.15) is 0 Å². The van der Waals surface area contributed by atoms with Crippen molar-refractivity contribution in [2.45, 2.75) is 39.3 Å². The van der Waals surface area contributed by atoms with Crippen molar-refractivity contribution in [1.82, 2.24) is 30.1 Å². The molecule has 2 aromatic carbocycles. The summed E-state index contributed by atoms with van der Waals surface area (Å²) in [5.74, 6) is 1.55. The molecular weight excluding hydrogens is 447 g/mol. The van der Waals surface area contributed by atoms with Gasteiger partial charge >= 0.3 is 0 Å². The number of rotatable bonds is 7. The van der Waals surface area contributed by atoms with E-state index in [0.717, 1.165) is 48.1 Å². The molecule has 2 atom stereocenters. The third kappa shape index (κ3) is 4.95. The lowest BCUT2D eigenvalue weighted by Gasteiger charge is -2.36. The predicted molar refractivity (Wildman–Crippen MR) is 131 cm³/mol. The number of nitrogens with one attached hydrogen (secondary N) is 1. The summed E-state index contributed by atoms with van der Waals surface area (Å²) >= 11 is 0. The fraction of sp³-hybridized carbons (Fsp3) is 0.385. The molecule has 1 aliphatic rings. The highest BCUT2D eigenvalue weighted by Gasteiger charge is 2.32. The maximum Gasteiger partial charge on any atom is 0.253 e. The van der Waals surface area contributed by atoms with Crippen LogP contribution >= 0.6 is 0 Å². The van der Waals surface area contributed by atoms with Crippen molar-refractivity contribution in [1.29, 1.82) is 0 Å². The predicted octanol–water partition coefficient (Wildman–Crippen LogP) is 3.92. The van der Waals surface area contributed by atoms with Crippen LogP contribution in [0.3, 0.4) is 0 Å². The zero-order valence-electron chi connectivity index (χ0n) is 19.9. The number of ether oxygens (including phenoxy) is 1. The SMILES string of the molecule is CCOc1ccc2[nH]c(=O)c(C(c3nnnn3Cc3ccc(F)cc3)N3CCCC(C)C3)cc2c1. The van der Waals surface area contributed by atoms with Gasteiger partial charge in [0.1, 0.15) is 17.6 Å². The molecule has 2 unspecified atom stereocenters. The van der Waals surface area contributed by atoms with E-state index in [9.17, 15) is 9.18 Å². The lowest BCUT2D eigenvalue weighted by atomic mass is 9.95. The monoisotopic (exact) mass is 476 g/mol. The highest BCUT2D eigenvalue weighted by molar-refractivity contribution is 5.80. The van der Waals surface area contributed by atoms with Crippen LogP contribution in [0.4, 0.5) is 4.39 Å². The van der Waals surface area contributed by atoms with Crippen molar-refractivity contribution in [3.05, 3.63) is 81.7 Å². The molecule has 0 aliphatic carbocycles. The lowest BCUT2D eigenvalue weighted by Crippen LogP contribution is -2.41. The highest BCUT2D eigenvalue weighted by atomic mass is 19.1. The fourth-order valence-electron chi connectivity index (χ4n) is 4.90. The Morgan fingerprint density at radius 2 is 2.03 bits per heavy atom. The molecule has 0 spiro atoms. The molecule has 1 saturated heterocycles. The van der Waals surface area contributed by atoms with Gasteiger partial charge in [-0.3, -0.25) is 9.69 Å². The number of pyridine rings is 1. The van der Waals surface area contributed by atoms with Gasteiger partial charge in [0.25, 0.3) is 5.56 Å². The van der Waals surface area contributed by atoms with Crippen molar-refractivity contribution < 1.29 is 9.13 Å². The van der Waals surface area contributed by atoms with E-state index in [1.165, 1.54) is 12.1 Å². The molecule has 1 fully saturated rings. The molecule has 3 heterocycles. The maximum atomic E-state index is 13.4. The van der Waals surface area contributed by atoms with Crippen LogP contribution in [0.25, 0.3) is 10.9 Å². The number of hydrogen-bond acceptors (Lipinski definition) is 6. The molecule has 0 saturated carbocycles. The Kier molecular flexibility index (Phi) is 6.59.